The molecule has 1 aliphatic rings. The second-order valence-corrected chi connectivity index (χ2v) is 28.6. The average molecular weight is 265 g/mol. The Morgan fingerprint density at radius 3 is 1.81 bits per heavy atom. The van der Waals surface area contributed by atoms with Crippen molar-refractivity contribution in [1.82, 2.24) is 0 Å². The Balaban J connectivity index is 2.46. The SMILES string of the molecule is C[Si]1(C)C[Si](C)(C)[Si](C)(c2ccccc2)C1. The molecule has 1 fully saturated rings. The molecule has 0 saturated carbocycles. The smallest absolute Gasteiger partial charge is 0.0712 e. The molecular formula is C13H24Si3. The van der Waals surface area contributed by atoms with Crippen molar-refractivity contribution in [3.63, 3.8) is 0 Å². The van der Waals surface area contributed by atoms with Gasteiger partial charge in [0.05, 0.1) is 7.59 Å². The van der Waals surface area contributed by atoms with Gasteiger partial charge in [0.2, 0.25) is 0 Å². The van der Waals surface area contributed by atoms with Crippen LogP contribution in [0.2, 0.25) is 44.1 Å². The van der Waals surface area contributed by atoms with E-state index in [4.69, 9.17) is 0 Å². The largest absolute Gasteiger partial charge is 0.0741 e. The third-order valence-electron chi connectivity index (χ3n) is 4.66. The quantitative estimate of drug-likeness (QED) is 0.681. The van der Waals surface area contributed by atoms with Crippen molar-refractivity contribution >= 4 is 28.4 Å². The highest BCUT2D eigenvalue weighted by Gasteiger charge is 2.56. The molecule has 0 spiro atoms. The van der Waals surface area contributed by atoms with Gasteiger partial charge in [0.25, 0.3) is 0 Å². The first-order valence-corrected chi connectivity index (χ1v) is 16.7. The summed E-state index contributed by atoms with van der Waals surface area (Å²) in [7, 11) is -2.96. The van der Waals surface area contributed by atoms with Gasteiger partial charge in [-0.05, 0) is 0 Å². The van der Waals surface area contributed by atoms with Crippen LogP contribution in [0.3, 0.4) is 0 Å². The van der Waals surface area contributed by atoms with Gasteiger partial charge in [-0.3, -0.25) is 0 Å². The van der Waals surface area contributed by atoms with E-state index in [1.807, 2.05) is 0 Å². The van der Waals surface area contributed by atoms with E-state index in [9.17, 15) is 0 Å². The van der Waals surface area contributed by atoms with Crippen LogP contribution in [0.5, 0.6) is 0 Å². The fraction of sp³-hybridized carbons (Fsp3) is 0.538. The van der Waals surface area contributed by atoms with E-state index in [-0.39, 0.29) is 0 Å². The van der Waals surface area contributed by atoms with Crippen LogP contribution in [0.25, 0.3) is 0 Å². The Hall–Kier alpha value is -0.129. The monoisotopic (exact) mass is 264 g/mol. The maximum atomic E-state index is 2.68. The molecule has 0 aliphatic carbocycles. The molecule has 0 radical (unpaired) electrons. The van der Waals surface area contributed by atoms with Gasteiger partial charge in [-0.15, -0.1) is 0 Å². The first-order chi connectivity index (χ1) is 7.27. The normalized spacial score (nSPS) is 31.6. The molecule has 0 nitrogen and oxygen atoms in total. The minimum absolute atomic E-state index is 0.870. The number of hydrogen-bond acceptors (Lipinski definition) is 0. The summed E-state index contributed by atoms with van der Waals surface area (Å²) in [6.07, 6.45) is 0. The lowest BCUT2D eigenvalue weighted by molar-refractivity contribution is 1.57. The molecule has 1 heterocycles. The first-order valence-electron chi connectivity index (χ1n) is 6.32. The summed E-state index contributed by atoms with van der Waals surface area (Å²) in [5, 5.41) is 1.74. The van der Waals surface area contributed by atoms with E-state index in [2.05, 4.69) is 63.1 Å². The summed E-state index contributed by atoms with van der Waals surface area (Å²) < 4.78 is 0. The van der Waals surface area contributed by atoms with Crippen LogP contribution in [0.4, 0.5) is 0 Å². The number of hydrogen-bond donors (Lipinski definition) is 0. The molecular weight excluding hydrogens is 240 g/mol. The summed E-state index contributed by atoms with van der Waals surface area (Å²) in [5.74, 6) is 0. The summed E-state index contributed by atoms with van der Waals surface area (Å²) in [6.45, 7) is 13.2. The van der Waals surface area contributed by atoms with Gasteiger partial charge in [-0.1, -0.05) is 79.6 Å². The van der Waals surface area contributed by atoms with Gasteiger partial charge in [0, 0.05) is 15.7 Å². The lowest BCUT2D eigenvalue weighted by atomic mass is 10.4. The fourth-order valence-corrected chi connectivity index (χ4v) is 48.1. The van der Waals surface area contributed by atoms with Crippen LogP contribution in [-0.2, 0) is 0 Å². The zero-order valence-electron chi connectivity index (χ0n) is 11.3. The number of rotatable bonds is 1. The van der Waals surface area contributed by atoms with Gasteiger partial charge >= 0.3 is 0 Å². The van der Waals surface area contributed by atoms with Crippen LogP contribution in [0.15, 0.2) is 30.3 Å². The van der Waals surface area contributed by atoms with E-state index in [1.54, 1.807) is 16.5 Å². The van der Waals surface area contributed by atoms with Crippen molar-refractivity contribution < 1.29 is 0 Å². The van der Waals surface area contributed by atoms with Crippen LogP contribution < -0.4 is 5.19 Å². The lowest BCUT2D eigenvalue weighted by Crippen LogP contribution is -2.61. The summed E-state index contributed by atoms with van der Waals surface area (Å²) in [5.41, 5.74) is 3.28. The van der Waals surface area contributed by atoms with E-state index in [1.165, 1.54) is 0 Å². The topological polar surface area (TPSA) is 0 Å². The van der Waals surface area contributed by atoms with Gasteiger partial charge in [0.1, 0.15) is 0 Å². The zero-order chi connectivity index (χ0) is 12.0. The molecule has 1 aromatic carbocycles. The molecule has 1 aliphatic heterocycles. The van der Waals surface area contributed by atoms with Crippen molar-refractivity contribution in [3.05, 3.63) is 30.3 Å². The Morgan fingerprint density at radius 2 is 1.38 bits per heavy atom. The molecule has 1 saturated heterocycles. The fourth-order valence-electron chi connectivity index (χ4n) is 3.95. The lowest BCUT2D eigenvalue weighted by Gasteiger charge is -2.35. The van der Waals surface area contributed by atoms with Gasteiger partial charge in [-0.25, -0.2) is 0 Å². The third kappa shape index (κ3) is 1.89. The molecule has 1 aromatic rings. The van der Waals surface area contributed by atoms with Crippen molar-refractivity contribution in [2.24, 2.45) is 0 Å². The molecule has 1 atom stereocenters. The van der Waals surface area contributed by atoms with Gasteiger partial charge < -0.3 is 0 Å². The number of benzene rings is 1. The molecule has 88 valence electrons. The maximum absolute atomic E-state index is 2.68. The van der Waals surface area contributed by atoms with Gasteiger partial charge in [0.15, 0.2) is 0 Å². The van der Waals surface area contributed by atoms with E-state index in [0.717, 1.165) is 0 Å². The standard InChI is InChI=1S/C13H24Si3/c1-14(2)11-15(3,4)16(5,12-14)13-9-7-6-8-10-13/h6-10H,11-12H2,1-5H3. The summed E-state index contributed by atoms with van der Waals surface area (Å²) >= 11 is 0. The van der Waals surface area contributed by atoms with Crippen LogP contribution >= 0.6 is 0 Å². The van der Waals surface area contributed by atoms with Gasteiger partial charge in [-0.2, -0.15) is 0 Å². The Kier molecular flexibility index (Phi) is 2.84. The maximum Gasteiger partial charge on any atom is 0.0741 e. The zero-order valence-corrected chi connectivity index (χ0v) is 14.3. The highest BCUT2D eigenvalue weighted by Crippen LogP contribution is 2.42. The molecule has 2 rings (SSSR count). The molecule has 1 unspecified atom stereocenters. The van der Waals surface area contributed by atoms with Crippen molar-refractivity contribution in [1.29, 1.82) is 0 Å². The van der Waals surface area contributed by atoms with Crippen LogP contribution in [-0.4, -0.2) is 23.3 Å². The Labute approximate surface area is 103 Å². The molecule has 16 heavy (non-hydrogen) atoms. The predicted octanol–water partition coefficient (Wildman–Crippen LogP) is 3.56. The second kappa shape index (κ2) is 3.68. The second-order valence-electron chi connectivity index (χ2n) is 7.10. The van der Waals surface area contributed by atoms with Crippen molar-refractivity contribution in [2.75, 3.05) is 0 Å². The summed E-state index contributed by atoms with van der Waals surface area (Å²) in [6, 6.07) is 11.5. The predicted molar refractivity (Wildman–Crippen MR) is 82.3 cm³/mol. The molecule has 3 heteroatoms. The third-order valence-corrected chi connectivity index (χ3v) is 36.3. The summed E-state index contributed by atoms with van der Waals surface area (Å²) in [4.78, 5) is 0. The minimum Gasteiger partial charge on any atom is -0.0712 e. The molecule has 0 amide bonds. The van der Waals surface area contributed by atoms with Crippen LogP contribution in [0, 0.1) is 0 Å². The van der Waals surface area contributed by atoms with Crippen LogP contribution in [0.1, 0.15) is 0 Å². The molecule has 0 N–H and O–H groups in total. The highest BCUT2D eigenvalue weighted by atomic mass is 29.3. The highest BCUT2D eigenvalue weighted by molar-refractivity contribution is 7.53. The van der Waals surface area contributed by atoms with Crippen molar-refractivity contribution in [2.45, 2.75) is 44.1 Å². The minimum atomic E-state index is -1.12. The van der Waals surface area contributed by atoms with E-state index < -0.39 is 23.3 Å². The first kappa shape index (κ1) is 12.3. The molecule has 0 bridgehead atoms. The van der Waals surface area contributed by atoms with Crippen molar-refractivity contribution in [3.8, 4) is 0 Å². The average Bonchev–Trinajstić information content (AvgIpc) is 2.33. The molecule has 0 aromatic heterocycles. The Bertz CT molecular complexity index is 383. The van der Waals surface area contributed by atoms with E-state index >= 15 is 0 Å². The Morgan fingerprint density at radius 1 is 0.812 bits per heavy atom. The van der Waals surface area contributed by atoms with E-state index in [0.29, 0.717) is 0 Å².